The monoisotopic (exact) mass is 286 g/mol. The largest absolute Gasteiger partial charge is 0.481 e. The lowest BCUT2D eigenvalue weighted by Gasteiger charge is -2.25. The van der Waals surface area contributed by atoms with Crippen LogP contribution in [-0.2, 0) is 11.2 Å². The molecule has 0 bridgehead atoms. The lowest BCUT2D eigenvalue weighted by Crippen LogP contribution is -2.22. The maximum atomic E-state index is 11.2. The van der Waals surface area contributed by atoms with E-state index in [0.717, 1.165) is 47.2 Å². The second kappa shape index (κ2) is 6.57. The molecule has 4 nitrogen and oxygen atoms in total. The van der Waals surface area contributed by atoms with E-state index in [4.69, 9.17) is 0 Å². The lowest BCUT2D eigenvalue weighted by molar-refractivity contribution is -0.136. The van der Waals surface area contributed by atoms with Crippen LogP contribution in [0.25, 0.3) is 10.9 Å². The van der Waals surface area contributed by atoms with Crippen LogP contribution < -0.4 is 4.90 Å². The summed E-state index contributed by atoms with van der Waals surface area (Å²) in [6.07, 6.45) is 2.20. The molecule has 1 N–H and O–H groups in total. The quantitative estimate of drug-likeness (QED) is 0.884. The Morgan fingerprint density at radius 2 is 2.05 bits per heavy atom. The summed E-state index contributed by atoms with van der Waals surface area (Å²) in [4.78, 5) is 17.9. The molecule has 0 fully saturated rings. The van der Waals surface area contributed by atoms with Gasteiger partial charge >= 0.3 is 5.97 Å². The number of nitrogens with zero attached hydrogens (tertiary/aromatic N) is 2. The van der Waals surface area contributed by atoms with Crippen LogP contribution in [-0.4, -0.2) is 29.7 Å². The van der Waals surface area contributed by atoms with Gasteiger partial charge in [-0.1, -0.05) is 31.5 Å². The Labute approximate surface area is 125 Å². The number of fused-ring (bicyclic) bond motifs is 1. The van der Waals surface area contributed by atoms with Crippen LogP contribution in [0.1, 0.15) is 31.0 Å². The van der Waals surface area contributed by atoms with Crippen molar-refractivity contribution in [1.29, 1.82) is 0 Å². The number of carboxylic acids is 1. The first kappa shape index (κ1) is 15.3. The fourth-order valence-corrected chi connectivity index (χ4v) is 2.66. The van der Waals surface area contributed by atoms with Crippen LogP contribution in [0.2, 0.25) is 0 Å². The number of hydrogen-bond acceptors (Lipinski definition) is 3. The van der Waals surface area contributed by atoms with Crippen molar-refractivity contribution < 1.29 is 9.90 Å². The van der Waals surface area contributed by atoms with Gasteiger partial charge in [0.05, 0.1) is 17.6 Å². The topological polar surface area (TPSA) is 53.4 Å². The van der Waals surface area contributed by atoms with E-state index >= 15 is 0 Å². The van der Waals surface area contributed by atoms with E-state index in [0.29, 0.717) is 0 Å². The van der Waals surface area contributed by atoms with Crippen molar-refractivity contribution in [2.45, 2.75) is 33.1 Å². The highest BCUT2D eigenvalue weighted by atomic mass is 16.4. The van der Waals surface area contributed by atoms with Gasteiger partial charge in [-0.2, -0.15) is 0 Å². The summed E-state index contributed by atoms with van der Waals surface area (Å²) in [5.41, 5.74) is 3.55. The minimum absolute atomic E-state index is 0.00939. The molecule has 0 unspecified atom stereocenters. The van der Waals surface area contributed by atoms with Gasteiger partial charge in [0.1, 0.15) is 0 Å². The van der Waals surface area contributed by atoms with Gasteiger partial charge in [-0.15, -0.1) is 0 Å². The SMILES string of the molecule is CCCCN(C)c1c(CC(=O)O)c(C)nc2ccccc12. The number of rotatable bonds is 6. The van der Waals surface area contributed by atoms with Crippen molar-refractivity contribution in [3.8, 4) is 0 Å². The molecular weight excluding hydrogens is 264 g/mol. The molecule has 1 aromatic carbocycles. The van der Waals surface area contributed by atoms with E-state index in [1.807, 2.05) is 38.2 Å². The third kappa shape index (κ3) is 3.32. The maximum absolute atomic E-state index is 11.2. The Morgan fingerprint density at radius 3 is 2.71 bits per heavy atom. The Kier molecular flexibility index (Phi) is 4.78. The molecule has 0 aliphatic rings. The van der Waals surface area contributed by atoms with Gasteiger partial charge in [-0.3, -0.25) is 9.78 Å². The van der Waals surface area contributed by atoms with Crippen LogP contribution in [0.5, 0.6) is 0 Å². The van der Waals surface area contributed by atoms with E-state index in [1.165, 1.54) is 0 Å². The first-order chi connectivity index (χ1) is 10.0. The molecule has 2 rings (SSSR count). The number of aliphatic carboxylic acids is 1. The Bertz CT molecular complexity index is 653. The average molecular weight is 286 g/mol. The van der Waals surface area contributed by atoms with Gasteiger partial charge in [-0.05, 0) is 19.4 Å². The van der Waals surface area contributed by atoms with E-state index < -0.39 is 5.97 Å². The van der Waals surface area contributed by atoms with Gasteiger partial charge in [0, 0.05) is 30.2 Å². The third-order valence-electron chi connectivity index (χ3n) is 3.73. The number of benzene rings is 1. The molecule has 2 aromatic rings. The van der Waals surface area contributed by atoms with Gasteiger partial charge in [0.2, 0.25) is 0 Å². The fourth-order valence-electron chi connectivity index (χ4n) is 2.66. The van der Waals surface area contributed by atoms with E-state index in [1.54, 1.807) is 0 Å². The van der Waals surface area contributed by atoms with Crippen molar-refractivity contribution >= 4 is 22.6 Å². The Balaban J connectivity index is 2.62. The van der Waals surface area contributed by atoms with E-state index in [-0.39, 0.29) is 6.42 Å². The molecular formula is C17H22N2O2. The van der Waals surface area contributed by atoms with Gasteiger partial charge < -0.3 is 10.0 Å². The molecule has 0 radical (unpaired) electrons. The zero-order valence-corrected chi connectivity index (χ0v) is 12.9. The van der Waals surface area contributed by atoms with Crippen LogP contribution in [0.3, 0.4) is 0 Å². The molecule has 0 atom stereocenters. The van der Waals surface area contributed by atoms with Gasteiger partial charge in [0.15, 0.2) is 0 Å². The first-order valence-electron chi connectivity index (χ1n) is 7.35. The zero-order chi connectivity index (χ0) is 15.4. The van der Waals surface area contributed by atoms with Crippen LogP contribution >= 0.6 is 0 Å². The summed E-state index contributed by atoms with van der Waals surface area (Å²) in [5, 5.41) is 10.2. The summed E-state index contributed by atoms with van der Waals surface area (Å²) >= 11 is 0. The highest BCUT2D eigenvalue weighted by Gasteiger charge is 2.17. The first-order valence-corrected chi connectivity index (χ1v) is 7.35. The Hall–Kier alpha value is -2.10. The molecule has 0 aliphatic heterocycles. The number of pyridine rings is 1. The van der Waals surface area contributed by atoms with Crippen molar-refractivity contribution in [2.24, 2.45) is 0 Å². The summed E-state index contributed by atoms with van der Waals surface area (Å²) in [5.74, 6) is -0.819. The number of para-hydroxylation sites is 1. The second-order valence-electron chi connectivity index (χ2n) is 5.39. The summed E-state index contributed by atoms with van der Waals surface area (Å²) < 4.78 is 0. The number of unbranched alkanes of at least 4 members (excludes halogenated alkanes) is 1. The molecule has 1 aromatic heterocycles. The summed E-state index contributed by atoms with van der Waals surface area (Å²) in [6, 6.07) is 7.93. The molecule has 0 amide bonds. The standard InChI is InChI=1S/C17H22N2O2/c1-4-5-10-19(3)17-13-8-6-7-9-15(13)18-12(2)14(17)11-16(20)21/h6-9H,4-5,10-11H2,1-3H3,(H,20,21). The van der Waals surface area contributed by atoms with E-state index in [2.05, 4.69) is 16.8 Å². The number of aromatic nitrogens is 1. The van der Waals surface area contributed by atoms with Crippen LogP contribution in [0.4, 0.5) is 5.69 Å². The zero-order valence-electron chi connectivity index (χ0n) is 12.9. The maximum Gasteiger partial charge on any atom is 0.307 e. The number of carbonyl (C=O) groups is 1. The van der Waals surface area contributed by atoms with Crippen LogP contribution in [0.15, 0.2) is 24.3 Å². The van der Waals surface area contributed by atoms with Crippen LogP contribution in [0, 0.1) is 6.92 Å². The third-order valence-corrected chi connectivity index (χ3v) is 3.73. The highest BCUT2D eigenvalue weighted by molar-refractivity contribution is 5.95. The fraction of sp³-hybridized carbons (Fsp3) is 0.412. The van der Waals surface area contributed by atoms with Crippen molar-refractivity contribution in [1.82, 2.24) is 4.98 Å². The predicted octanol–water partition coefficient (Wildman–Crippen LogP) is 3.41. The molecule has 0 aliphatic carbocycles. The lowest BCUT2D eigenvalue weighted by atomic mass is 10.0. The number of aryl methyl sites for hydroxylation is 1. The molecule has 0 spiro atoms. The minimum atomic E-state index is -0.819. The number of anilines is 1. The van der Waals surface area contributed by atoms with E-state index in [9.17, 15) is 9.90 Å². The highest BCUT2D eigenvalue weighted by Crippen LogP contribution is 2.31. The predicted molar refractivity (Wildman–Crippen MR) is 86.0 cm³/mol. The normalized spacial score (nSPS) is 10.8. The average Bonchev–Trinajstić information content (AvgIpc) is 2.45. The Morgan fingerprint density at radius 1 is 1.33 bits per heavy atom. The van der Waals surface area contributed by atoms with Crippen molar-refractivity contribution in [3.05, 3.63) is 35.5 Å². The molecule has 0 saturated carbocycles. The summed E-state index contributed by atoms with van der Waals surface area (Å²) in [6.45, 7) is 4.96. The van der Waals surface area contributed by atoms with Crippen molar-refractivity contribution in [2.75, 3.05) is 18.5 Å². The number of hydrogen-bond donors (Lipinski definition) is 1. The smallest absolute Gasteiger partial charge is 0.307 e. The van der Waals surface area contributed by atoms with Crippen molar-refractivity contribution in [3.63, 3.8) is 0 Å². The summed E-state index contributed by atoms with van der Waals surface area (Å²) in [7, 11) is 2.03. The molecule has 21 heavy (non-hydrogen) atoms. The second-order valence-corrected chi connectivity index (χ2v) is 5.39. The van der Waals surface area contributed by atoms with Gasteiger partial charge in [0.25, 0.3) is 0 Å². The molecule has 0 saturated heterocycles. The molecule has 4 heteroatoms. The molecule has 1 heterocycles. The van der Waals surface area contributed by atoms with Gasteiger partial charge in [-0.25, -0.2) is 0 Å². The number of carboxylic acid groups (broad SMARTS) is 1. The molecule has 112 valence electrons. The minimum Gasteiger partial charge on any atom is -0.481 e.